The molecular formula is C38H41F3N2O4. The first kappa shape index (κ1) is 31.8. The summed E-state index contributed by atoms with van der Waals surface area (Å²) in [5.41, 5.74) is 2.38. The van der Waals surface area contributed by atoms with Crippen LogP contribution in [0.4, 0.5) is 13.2 Å². The lowest BCUT2D eigenvalue weighted by Crippen LogP contribution is -2.78. The van der Waals surface area contributed by atoms with E-state index in [-0.39, 0.29) is 29.7 Å². The van der Waals surface area contributed by atoms with Crippen molar-refractivity contribution in [2.24, 2.45) is 5.92 Å². The Kier molecular flexibility index (Phi) is 8.12. The summed E-state index contributed by atoms with van der Waals surface area (Å²) < 4.78 is 49.3. The summed E-state index contributed by atoms with van der Waals surface area (Å²) in [7, 11) is 0. The zero-order chi connectivity index (χ0) is 33.0. The molecule has 0 aromatic heterocycles. The molecule has 6 nitrogen and oxygen atoms in total. The number of likely N-dealkylation sites (tertiary alicyclic amines) is 1. The number of hydrogen-bond donors (Lipinski definition) is 1. The molecule has 2 fully saturated rings. The van der Waals surface area contributed by atoms with Crippen LogP contribution in [0.1, 0.15) is 55.4 Å². The summed E-state index contributed by atoms with van der Waals surface area (Å²) in [6.07, 6.45) is 1.25. The van der Waals surface area contributed by atoms with E-state index in [9.17, 15) is 23.1 Å². The highest BCUT2D eigenvalue weighted by atomic mass is 19.4. The lowest BCUT2D eigenvalue weighted by molar-refractivity contribution is -0.274. The second-order valence-corrected chi connectivity index (χ2v) is 13.9. The summed E-state index contributed by atoms with van der Waals surface area (Å²) in [6.45, 7) is 6.28. The number of alkyl halides is 3. The van der Waals surface area contributed by atoms with E-state index >= 15 is 0 Å². The van der Waals surface area contributed by atoms with E-state index in [0.717, 1.165) is 43.7 Å². The largest absolute Gasteiger partial charge is 0.573 e. The molecule has 2 aliphatic heterocycles. The first-order chi connectivity index (χ1) is 22.5. The van der Waals surface area contributed by atoms with Gasteiger partial charge in [0.2, 0.25) is 5.91 Å². The minimum absolute atomic E-state index is 0.0618. The van der Waals surface area contributed by atoms with Crippen LogP contribution in [0.25, 0.3) is 6.08 Å². The van der Waals surface area contributed by atoms with E-state index in [0.29, 0.717) is 24.9 Å². The molecule has 1 amide bonds. The highest BCUT2D eigenvalue weighted by Crippen LogP contribution is 2.64. The average molecular weight is 647 g/mol. The van der Waals surface area contributed by atoms with E-state index in [1.54, 1.807) is 6.07 Å². The third-order valence-corrected chi connectivity index (χ3v) is 10.7. The number of piperidine rings is 1. The standard InChI is InChI=1S/C38H41F3N2O4/c1-25(2)24-43(33(44)15-14-27-10-6-12-29(22-27)47-38(39,40)41)30-16-18-37(45)32-23-28-11-7-13-31-34(28)36(37,35(30)46-31)19-21-42(32)20-17-26-8-4-3-5-9-26/h3-15,22,25,30,32,35,45H,16-21,23-24H2,1-2H3/b15-14+/t30?,32-,35?,36+,37-/m1/s1. The van der Waals surface area contributed by atoms with Crippen LogP contribution in [0.15, 0.2) is 78.9 Å². The van der Waals surface area contributed by atoms with Crippen LogP contribution >= 0.6 is 0 Å². The first-order valence-corrected chi connectivity index (χ1v) is 16.6. The van der Waals surface area contributed by atoms with Gasteiger partial charge in [0, 0.05) is 30.8 Å². The van der Waals surface area contributed by atoms with Crippen molar-refractivity contribution in [2.75, 3.05) is 19.6 Å². The fraction of sp³-hybridized carbons (Fsp3) is 0.447. The molecule has 2 unspecified atom stereocenters. The minimum Gasteiger partial charge on any atom is -0.487 e. The summed E-state index contributed by atoms with van der Waals surface area (Å²) in [6, 6.07) is 21.9. The van der Waals surface area contributed by atoms with Crippen LogP contribution in [-0.4, -0.2) is 70.6 Å². The van der Waals surface area contributed by atoms with Gasteiger partial charge in [-0.15, -0.1) is 13.2 Å². The molecule has 248 valence electrons. The van der Waals surface area contributed by atoms with E-state index in [1.807, 2.05) is 23.1 Å². The van der Waals surface area contributed by atoms with Gasteiger partial charge in [0.15, 0.2) is 0 Å². The topological polar surface area (TPSA) is 62.2 Å². The number of carbonyl (C=O) groups is 1. The molecule has 7 rings (SSSR count). The summed E-state index contributed by atoms with van der Waals surface area (Å²) >= 11 is 0. The molecule has 1 N–H and O–H groups in total. The first-order valence-electron chi connectivity index (χ1n) is 16.6. The molecule has 1 saturated heterocycles. The average Bonchev–Trinajstić information content (AvgIpc) is 3.37. The molecule has 1 saturated carbocycles. The molecule has 1 spiro atoms. The van der Waals surface area contributed by atoms with Gasteiger partial charge in [-0.2, -0.15) is 0 Å². The van der Waals surface area contributed by atoms with Crippen LogP contribution in [0.3, 0.4) is 0 Å². The zero-order valence-corrected chi connectivity index (χ0v) is 26.7. The Hall–Kier alpha value is -3.82. The number of aliphatic hydroxyl groups is 1. The molecule has 0 radical (unpaired) electrons. The minimum atomic E-state index is -4.80. The summed E-state index contributed by atoms with van der Waals surface area (Å²) in [5.74, 6) is 0.391. The van der Waals surface area contributed by atoms with Gasteiger partial charge in [-0.05, 0) is 85.5 Å². The number of ether oxygens (including phenoxy) is 2. The maximum absolute atomic E-state index is 14.0. The second kappa shape index (κ2) is 12.0. The van der Waals surface area contributed by atoms with Gasteiger partial charge < -0.3 is 19.5 Å². The Labute approximate surface area is 273 Å². The molecule has 9 heteroatoms. The van der Waals surface area contributed by atoms with Crippen LogP contribution in [0.5, 0.6) is 11.5 Å². The van der Waals surface area contributed by atoms with Crippen molar-refractivity contribution in [3.05, 3.63) is 101 Å². The maximum Gasteiger partial charge on any atom is 0.573 e. The van der Waals surface area contributed by atoms with Gasteiger partial charge in [-0.3, -0.25) is 9.69 Å². The Bertz CT molecular complexity index is 1660. The Morgan fingerprint density at radius 3 is 2.66 bits per heavy atom. The number of benzene rings is 3. The summed E-state index contributed by atoms with van der Waals surface area (Å²) in [4.78, 5) is 18.4. The van der Waals surface area contributed by atoms with Gasteiger partial charge in [0.1, 0.15) is 17.6 Å². The number of nitrogens with zero attached hydrogens (tertiary/aromatic N) is 2. The number of hydrogen-bond acceptors (Lipinski definition) is 5. The van der Waals surface area contributed by atoms with Crippen molar-refractivity contribution < 1.29 is 32.5 Å². The zero-order valence-electron chi connectivity index (χ0n) is 26.7. The molecule has 3 aromatic rings. The second-order valence-electron chi connectivity index (χ2n) is 13.9. The fourth-order valence-electron chi connectivity index (χ4n) is 8.94. The van der Waals surface area contributed by atoms with E-state index < -0.39 is 23.5 Å². The quantitative estimate of drug-likeness (QED) is 0.268. The van der Waals surface area contributed by atoms with Gasteiger partial charge in [0.05, 0.1) is 17.1 Å². The van der Waals surface area contributed by atoms with Crippen LogP contribution in [0.2, 0.25) is 0 Å². The highest BCUT2D eigenvalue weighted by molar-refractivity contribution is 5.92. The van der Waals surface area contributed by atoms with Crippen LogP contribution < -0.4 is 9.47 Å². The number of halogens is 3. The lowest BCUT2D eigenvalue weighted by Gasteiger charge is -2.65. The van der Waals surface area contributed by atoms with Gasteiger partial charge >= 0.3 is 6.36 Å². The van der Waals surface area contributed by atoms with Crippen molar-refractivity contribution >= 4 is 12.0 Å². The fourth-order valence-corrected chi connectivity index (χ4v) is 8.94. The molecule has 4 aliphatic rings. The van der Waals surface area contributed by atoms with E-state index in [4.69, 9.17) is 4.74 Å². The van der Waals surface area contributed by atoms with Crippen molar-refractivity contribution in [3.8, 4) is 11.5 Å². The predicted molar refractivity (Wildman–Crippen MR) is 173 cm³/mol. The monoisotopic (exact) mass is 646 g/mol. The maximum atomic E-state index is 14.0. The SMILES string of the molecule is CC(C)CN(C(=O)/C=C/c1cccc(OC(F)(F)F)c1)C1CC[C@@]2(O)[C@H]3Cc4cccc5c4[C@@]2(CCN3CCc2ccccc2)C1O5. The normalized spacial score (nSPS) is 27.9. The Morgan fingerprint density at radius 1 is 1.11 bits per heavy atom. The van der Waals surface area contributed by atoms with Gasteiger partial charge in [-0.1, -0.05) is 68.4 Å². The van der Waals surface area contributed by atoms with E-state index in [2.05, 4.69) is 53.8 Å². The molecule has 3 aromatic carbocycles. The molecule has 2 heterocycles. The lowest BCUT2D eigenvalue weighted by atomic mass is 9.48. The van der Waals surface area contributed by atoms with Gasteiger partial charge in [-0.25, -0.2) is 0 Å². The summed E-state index contributed by atoms with van der Waals surface area (Å²) in [5, 5.41) is 12.9. The smallest absolute Gasteiger partial charge is 0.487 e. The Balaban J connectivity index is 1.19. The third-order valence-electron chi connectivity index (χ3n) is 10.7. The van der Waals surface area contributed by atoms with E-state index in [1.165, 1.54) is 41.5 Å². The highest BCUT2D eigenvalue weighted by Gasteiger charge is 2.73. The molecule has 2 aliphatic carbocycles. The van der Waals surface area contributed by atoms with Crippen molar-refractivity contribution in [1.29, 1.82) is 0 Å². The molecule has 47 heavy (non-hydrogen) atoms. The molecule has 5 atom stereocenters. The van der Waals surface area contributed by atoms with Crippen molar-refractivity contribution in [3.63, 3.8) is 0 Å². The van der Waals surface area contributed by atoms with Crippen molar-refractivity contribution in [2.45, 2.75) is 81.5 Å². The van der Waals surface area contributed by atoms with Crippen LogP contribution in [0, 0.1) is 5.92 Å². The van der Waals surface area contributed by atoms with Gasteiger partial charge in [0.25, 0.3) is 0 Å². The molecular weight excluding hydrogens is 605 g/mol. The van der Waals surface area contributed by atoms with Crippen molar-refractivity contribution in [1.82, 2.24) is 9.80 Å². The number of rotatable bonds is 9. The number of carbonyl (C=O) groups excluding carboxylic acids is 1. The predicted octanol–water partition coefficient (Wildman–Crippen LogP) is 6.55. The van der Waals surface area contributed by atoms with Crippen LogP contribution in [-0.2, 0) is 23.1 Å². The third kappa shape index (κ3) is 5.61. The molecule has 2 bridgehead atoms. The Morgan fingerprint density at radius 2 is 1.89 bits per heavy atom. The number of amides is 1.